The van der Waals surface area contributed by atoms with Crippen molar-refractivity contribution in [1.29, 1.82) is 0 Å². The number of carbonyl (C=O) groups is 1. The Kier molecular flexibility index (Phi) is 4.29. The second kappa shape index (κ2) is 6.14. The van der Waals surface area contributed by atoms with Crippen LogP contribution in [-0.2, 0) is 6.54 Å². The predicted octanol–water partition coefficient (Wildman–Crippen LogP) is 1.24. The quantitative estimate of drug-likeness (QED) is 0.893. The van der Waals surface area contributed by atoms with E-state index in [0.717, 1.165) is 0 Å². The molecular formula is C13H15FN4O2. The van der Waals surface area contributed by atoms with E-state index in [2.05, 4.69) is 15.4 Å². The highest BCUT2D eigenvalue weighted by Gasteiger charge is 2.15. The molecule has 1 unspecified atom stereocenters. The minimum absolute atomic E-state index is 0.0174. The molecule has 0 radical (unpaired) electrons. The van der Waals surface area contributed by atoms with E-state index in [1.54, 1.807) is 24.0 Å². The Morgan fingerprint density at radius 2 is 2.35 bits per heavy atom. The summed E-state index contributed by atoms with van der Waals surface area (Å²) in [4.78, 5) is 15.8. The average Bonchev–Trinajstić information content (AvgIpc) is 2.90. The molecule has 1 amide bonds. The standard InChI is InChI=1S/C13H15FN4O2/c1-9(6-18-8-15-7-16-18)17-13(19)11-4-3-10(20-2)5-12(11)14/h3-5,7-9H,6H2,1-2H3,(H,17,19). The molecule has 1 aromatic carbocycles. The third kappa shape index (κ3) is 3.31. The first-order valence-corrected chi connectivity index (χ1v) is 6.07. The van der Waals surface area contributed by atoms with E-state index in [0.29, 0.717) is 12.3 Å². The van der Waals surface area contributed by atoms with Crippen LogP contribution in [0.2, 0.25) is 0 Å². The van der Waals surface area contributed by atoms with Gasteiger partial charge in [0, 0.05) is 12.1 Å². The van der Waals surface area contributed by atoms with Crippen LogP contribution < -0.4 is 10.1 Å². The molecule has 1 atom stereocenters. The molecule has 0 bridgehead atoms. The van der Waals surface area contributed by atoms with Crippen LogP contribution in [0.4, 0.5) is 4.39 Å². The summed E-state index contributed by atoms with van der Waals surface area (Å²) in [5, 5.41) is 6.64. The van der Waals surface area contributed by atoms with Gasteiger partial charge in [-0.1, -0.05) is 0 Å². The molecular weight excluding hydrogens is 263 g/mol. The van der Waals surface area contributed by atoms with Crippen molar-refractivity contribution in [2.45, 2.75) is 19.5 Å². The number of nitrogens with zero attached hydrogens (tertiary/aromatic N) is 3. The van der Waals surface area contributed by atoms with Crippen molar-refractivity contribution in [1.82, 2.24) is 20.1 Å². The van der Waals surface area contributed by atoms with E-state index in [9.17, 15) is 9.18 Å². The van der Waals surface area contributed by atoms with Crippen molar-refractivity contribution in [3.63, 3.8) is 0 Å². The van der Waals surface area contributed by atoms with Gasteiger partial charge in [0.05, 0.1) is 19.2 Å². The number of benzene rings is 1. The summed E-state index contributed by atoms with van der Waals surface area (Å²) in [7, 11) is 1.44. The van der Waals surface area contributed by atoms with Gasteiger partial charge in [0.15, 0.2) is 0 Å². The Bertz CT molecular complexity index is 586. The van der Waals surface area contributed by atoms with Gasteiger partial charge in [-0.05, 0) is 19.1 Å². The molecule has 1 N–H and O–H groups in total. The Morgan fingerprint density at radius 1 is 1.55 bits per heavy atom. The van der Waals surface area contributed by atoms with Crippen LogP contribution in [0.1, 0.15) is 17.3 Å². The van der Waals surface area contributed by atoms with Gasteiger partial charge < -0.3 is 10.1 Å². The average molecular weight is 278 g/mol. The van der Waals surface area contributed by atoms with E-state index < -0.39 is 11.7 Å². The number of rotatable bonds is 5. The third-order valence-electron chi connectivity index (χ3n) is 2.73. The monoisotopic (exact) mass is 278 g/mol. The fourth-order valence-electron chi connectivity index (χ4n) is 1.76. The number of ether oxygens (including phenoxy) is 1. The van der Waals surface area contributed by atoms with Crippen LogP contribution >= 0.6 is 0 Å². The fourth-order valence-corrected chi connectivity index (χ4v) is 1.76. The van der Waals surface area contributed by atoms with Gasteiger partial charge in [0.2, 0.25) is 0 Å². The zero-order valence-electron chi connectivity index (χ0n) is 11.2. The molecule has 1 aromatic heterocycles. The van der Waals surface area contributed by atoms with Crippen LogP contribution in [0.25, 0.3) is 0 Å². The van der Waals surface area contributed by atoms with Gasteiger partial charge in [0.25, 0.3) is 5.91 Å². The van der Waals surface area contributed by atoms with E-state index in [4.69, 9.17) is 4.74 Å². The lowest BCUT2D eigenvalue weighted by Gasteiger charge is -2.14. The van der Waals surface area contributed by atoms with E-state index in [1.165, 1.54) is 25.6 Å². The SMILES string of the molecule is COc1ccc(C(=O)NC(C)Cn2cncn2)c(F)c1. The summed E-state index contributed by atoms with van der Waals surface area (Å²) in [5.41, 5.74) is -0.0174. The number of halogens is 1. The lowest BCUT2D eigenvalue weighted by Crippen LogP contribution is -2.36. The van der Waals surface area contributed by atoms with Crippen LogP contribution in [0.15, 0.2) is 30.9 Å². The molecule has 0 spiro atoms. The second-order valence-corrected chi connectivity index (χ2v) is 4.34. The lowest BCUT2D eigenvalue weighted by atomic mass is 10.1. The summed E-state index contributed by atoms with van der Waals surface area (Å²) < 4.78 is 20.2. The first-order chi connectivity index (χ1) is 9.60. The number of carbonyl (C=O) groups excluding carboxylic acids is 1. The first kappa shape index (κ1) is 14.0. The number of amides is 1. The number of methoxy groups -OCH3 is 1. The van der Waals surface area contributed by atoms with Crippen LogP contribution in [-0.4, -0.2) is 33.8 Å². The Hall–Kier alpha value is -2.44. The Balaban J connectivity index is 2.00. The van der Waals surface area contributed by atoms with Crippen LogP contribution in [0.3, 0.4) is 0 Å². The maximum absolute atomic E-state index is 13.7. The smallest absolute Gasteiger partial charge is 0.254 e. The number of hydrogen-bond donors (Lipinski definition) is 1. The molecule has 0 aliphatic heterocycles. The molecule has 7 heteroatoms. The Morgan fingerprint density at radius 3 is 2.95 bits per heavy atom. The highest BCUT2D eigenvalue weighted by atomic mass is 19.1. The third-order valence-corrected chi connectivity index (χ3v) is 2.73. The van der Waals surface area contributed by atoms with E-state index in [-0.39, 0.29) is 11.6 Å². The van der Waals surface area contributed by atoms with Crippen LogP contribution in [0, 0.1) is 5.82 Å². The molecule has 106 valence electrons. The maximum Gasteiger partial charge on any atom is 0.254 e. The summed E-state index contributed by atoms with van der Waals surface area (Å²) in [6.45, 7) is 2.27. The summed E-state index contributed by atoms with van der Waals surface area (Å²) in [5.74, 6) is -0.720. The van der Waals surface area contributed by atoms with Crippen molar-refractivity contribution >= 4 is 5.91 Å². The largest absolute Gasteiger partial charge is 0.497 e. The first-order valence-electron chi connectivity index (χ1n) is 6.07. The molecule has 2 rings (SSSR count). The van der Waals surface area contributed by atoms with Crippen molar-refractivity contribution < 1.29 is 13.9 Å². The maximum atomic E-state index is 13.7. The Labute approximate surface area is 115 Å². The van der Waals surface area contributed by atoms with Crippen molar-refractivity contribution in [3.8, 4) is 5.75 Å². The molecule has 6 nitrogen and oxygen atoms in total. The molecule has 1 heterocycles. The normalized spacial score (nSPS) is 11.9. The topological polar surface area (TPSA) is 69.0 Å². The number of hydrogen-bond acceptors (Lipinski definition) is 4. The van der Waals surface area contributed by atoms with Gasteiger partial charge in [-0.25, -0.2) is 9.37 Å². The van der Waals surface area contributed by atoms with Crippen LogP contribution in [0.5, 0.6) is 5.75 Å². The molecule has 0 aliphatic carbocycles. The van der Waals surface area contributed by atoms with Gasteiger partial charge in [-0.3, -0.25) is 9.48 Å². The van der Waals surface area contributed by atoms with Gasteiger partial charge in [-0.2, -0.15) is 5.10 Å². The zero-order chi connectivity index (χ0) is 14.5. The minimum Gasteiger partial charge on any atom is -0.497 e. The molecule has 0 fully saturated rings. The van der Waals surface area contributed by atoms with Gasteiger partial charge >= 0.3 is 0 Å². The lowest BCUT2D eigenvalue weighted by molar-refractivity contribution is 0.0932. The van der Waals surface area contributed by atoms with Gasteiger partial charge in [-0.15, -0.1) is 0 Å². The summed E-state index contributed by atoms with van der Waals surface area (Å²) >= 11 is 0. The predicted molar refractivity (Wildman–Crippen MR) is 69.9 cm³/mol. The number of aromatic nitrogens is 3. The van der Waals surface area contributed by atoms with Gasteiger partial charge in [0.1, 0.15) is 24.2 Å². The van der Waals surface area contributed by atoms with Crippen molar-refractivity contribution in [2.24, 2.45) is 0 Å². The van der Waals surface area contributed by atoms with Crippen molar-refractivity contribution in [2.75, 3.05) is 7.11 Å². The highest BCUT2D eigenvalue weighted by molar-refractivity contribution is 5.94. The second-order valence-electron chi connectivity index (χ2n) is 4.34. The molecule has 0 aliphatic rings. The molecule has 20 heavy (non-hydrogen) atoms. The zero-order valence-corrected chi connectivity index (χ0v) is 11.2. The van der Waals surface area contributed by atoms with Crippen molar-refractivity contribution in [3.05, 3.63) is 42.2 Å². The summed E-state index contributed by atoms with van der Waals surface area (Å²) in [6.07, 6.45) is 2.97. The van der Waals surface area contributed by atoms with E-state index in [1.807, 2.05) is 0 Å². The highest BCUT2D eigenvalue weighted by Crippen LogP contribution is 2.16. The van der Waals surface area contributed by atoms with E-state index >= 15 is 0 Å². The summed E-state index contributed by atoms with van der Waals surface area (Å²) in [6, 6.07) is 3.91. The molecule has 0 saturated carbocycles. The minimum atomic E-state index is -0.616. The molecule has 2 aromatic rings. The molecule has 0 saturated heterocycles. The fraction of sp³-hybridized carbons (Fsp3) is 0.308. The number of nitrogens with one attached hydrogen (secondary N) is 1.